The molecule has 0 spiro atoms. The van der Waals surface area contributed by atoms with Gasteiger partial charge in [0.15, 0.2) is 16.6 Å². The maximum atomic E-state index is 13.2. The number of halogens is 1. The van der Waals surface area contributed by atoms with Gasteiger partial charge in [-0.05, 0) is 63.0 Å². The maximum Gasteiger partial charge on any atom is 0.233 e. The third-order valence-corrected chi connectivity index (χ3v) is 5.93. The summed E-state index contributed by atoms with van der Waals surface area (Å²) in [7, 11) is 4.05. The summed E-state index contributed by atoms with van der Waals surface area (Å²) in [6, 6.07) is 11.2. The zero-order chi connectivity index (χ0) is 20.4. The van der Waals surface area contributed by atoms with Crippen LogP contribution in [0.25, 0.3) is 10.2 Å². The van der Waals surface area contributed by atoms with Crippen LogP contribution in [0.15, 0.2) is 36.4 Å². The number of carbonyl (C=O) groups excluding carboxylic acids is 1. The number of anilines is 1. The third-order valence-electron chi connectivity index (χ3n) is 4.65. The Morgan fingerprint density at radius 3 is 2.79 bits per heavy atom. The molecule has 1 aromatic heterocycles. The number of amides is 1. The van der Waals surface area contributed by atoms with Crippen molar-refractivity contribution in [2.45, 2.75) is 12.8 Å². The first-order valence-electron chi connectivity index (χ1n) is 9.39. The van der Waals surface area contributed by atoms with E-state index in [0.717, 1.165) is 28.7 Å². The molecule has 1 aliphatic rings. The molecule has 3 aromatic rings. The van der Waals surface area contributed by atoms with Gasteiger partial charge >= 0.3 is 0 Å². The van der Waals surface area contributed by atoms with E-state index in [9.17, 15) is 4.79 Å². The topological polar surface area (TPSA) is 54.9 Å². The summed E-state index contributed by atoms with van der Waals surface area (Å²) in [6.45, 7) is 1.72. The minimum atomic E-state index is 0.00720. The van der Waals surface area contributed by atoms with Crippen LogP contribution in [0.2, 0.25) is 5.02 Å². The standard InChI is InChI=1S/C21H22ClN3O3S/c1-24(2)8-3-9-25(21-23-16-6-5-15(22)12-19(16)29-21)20(26)11-14-4-7-17-18(10-14)28-13-27-17/h4-7,10,12H,3,8-9,11,13H2,1-2H3. The molecular formula is C21H22ClN3O3S. The second-order valence-corrected chi connectivity index (χ2v) is 8.62. The molecular weight excluding hydrogens is 410 g/mol. The molecule has 0 radical (unpaired) electrons. The van der Waals surface area contributed by atoms with Crippen molar-refractivity contribution < 1.29 is 14.3 Å². The molecule has 0 aliphatic carbocycles. The Bertz CT molecular complexity index is 1040. The lowest BCUT2D eigenvalue weighted by atomic mass is 10.1. The van der Waals surface area contributed by atoms with Gasteiger partial charge in [-0.25, -0.2) is 4.98 Å². The van der Waals surface area contributed by atoms with Crippen molar-refractivity contribution in [1.29, 1.82) is 0 Å². The number of carbonyl (C=O) groups is 1. The number of fused-ring (bicyclic) bond motifs is 2. The lowest BCUT2D eigenvalue weighted by Gasteiger charge is -2.21. The van der Waals surface area contributed by atoms with Crippen molar-refractivity contribution in [3.63, 3.8) is 0 Å². The van der Waals surface area contributed by atoms with E-state index in [-0.39, 0.29) is 19.1 Å². The molecule has 4 rings (SSSR count). The lowest BCUT2D eigenvalue weighted by Crippen LogP contribution is -2.34. The zero-order valence-corrected chi connectivity index (χ0v) is 17.9. The van der Waals surface area contributed by atoms with Crippen LogP contribution in [0.1, 0.15) is 12.0 Å². The molecule has 0 bridgehead atoms. The Hall–Kier alpha value is -2.35. The van der Waals surface area contributed by atoms with Crippen LogP contribution in [0.5, 0.6) is 11.5 Å². The predicted molar refractivity (Wildman–Crippen MR) is 116 cm³/mol. The van der Waals surface area contributed by atoms with E-state index in [1.807, 2.05) is 50.5 Å². The van der Waals surface area contributed by atoms with E-state index in [2.05, 4.69) is 9.88 Å². The zero-order valence-electron chi connectivity index (χ0n) is 16.4. The van der Waals surface area contributed by atoms with Gasteiger partial charge in [0, 0.05) is 11.6 Å². The summed E-state index contributed by atoms with van der Waals surface area (Å²) in [5, 5.41) is 1.37. The van der Waals surface area contributed by atoms with Crippen molar-refractivity contribution >= 4 is 44.2 Å². The van der Waals surface area contributed by atoms with Gasteiger partial charge in [0.25, 0.3) is 0 Å². The van der Waals surface area contributed by atoms with Crippen LogP contribution in [0.3, 0.4) is 0 Å². The van der Waals surface area contributed by atoms with Gasteiger partial charge in [-0.15, -0.1) is 0 Å². The Balaban J connectivity index is 1.57. The minimum Gasteiger partial charge on any atom is -0.454 e. The van der Waals surface area contributed by atoms with Crippen LogP contribution in [0.4, 0.5) is 5.13 Å². The summed E-state index contributed by atoms with van der Waals surface area (Å²) in [5.41, 5.74) is 1.74. The van der Waals surface area contributed by atoms with Crippen molar-refractivity contribution in [2.75, 3.05) is 38.9 Å². The van der Waals surface area contributed by atoms with E-state index in [0.29, 0.717) is 28.2 Å². The molecule has 6 nitrogen and oxygen atoms in total. The van der Waals surface area contributed by atoms with Gasteiger partial charge in [0.05, 0.1) is 16.6 Å². The van der Waals surface area contributed by atoms with Gasteiger partial charge in [0.1, 0.15) is 0 Å². The fourth-order valence-electron chi connectivity index (χ4n) is 3.19. The molecule has 0 saturated heterocycles. The van der Waals surface area contributed by atoms with Crippen molar-refractivity contribution in [3.05, 3.63) is 47.0 Å². The molecule has 0 N–H and O–H groups in total. The molecule has 1 aliphatic heterocycles. The normalized spacial score (nSPS) is 12.7. The largest absolute Gasteiger partial charge is 0.454 e. The molecule has 0 fully saturated rings. The predicted octanol–water partition coefficient (Wildman–Crippen LogP) is 4.21. The number of hydrogen-bond donors (Lipinski definition) is 0. The number of aromatic nitrogens is 1. The van der Waals surface area contributed by atoms with E-state index < -0.39 is 0 Å². The highest BCUT2D eigenvalue weighted by Gasteiger charge is 2.21. The van der Waals surface area contributed by atoms with Crippen LogP contribution in [-0.4, -0.2) is 49.8 Å². The Morgan fingerprint density at radius 1 is 1.14 bits per heavy atom. The van der Waals surface area contributed by atoms with Crippen molar-refractivity contribution in [2.24, 2.45) is 0 Å². The Kier molecular flexibility index (Phi) is 5.89. The average Bonchev–Trinajstić information content (AvgIpc) is 3.30. The molecule has 2 aromatic carbocycles. The second-order valence-electron chi connectivity index (χ2n) is 7.18. The minimum absolute atomic E-state index is 0.00720. The summed E-state index contributed by atoms with van der Waals surface area (Å²) in [6.07, 6.45) is 1.13. The number of nitrogens with zero attached hydrogens (tertiary/aromatic N) is 3. The maximum absolute atomic E-state index is 13.2. The molecule has 2 heterocycles. The number of hydrogen-bond acceptors (Lipinski definition) is 6. The quantitative estimate of drug-likeness (QED) is 0.561. The second kappa shape index (κ2) is 8.57. The molecule has 8 heteroatoms. The summed E-state index contributed by atoms with van der Waals surface area (Å²) < 4.78 is 11.8. The number of benzene rings is 2. The highest BCUT2D eigenvalue weighted by molar-refractivity contribution is 7.22. The Labute approximate surface area is 178 Å². The van der Waals surface area contributed by atoms with Crippen LogP contribution in [-0.2, 0) is 11.2 Å². The number of thiazole rings is 1. The van der Waals surface area contributed by atoms with Gasteiger partial charge in [-0.2, -0.15) is 0 Å². The average molecular weight is 432 g/mol. The number of rotatable bonds is 7. The molecule has 0 saturated carbocycles. The van der Waals surface area contributed by atoms with Gasteiger partial charge in [-0.3, -0.25) is 9.69 Å². The summed E-state index contributed by atoms with van der Waals surface area (Å²) in [4.78, 5) is 21.8. The number of ether oxygens (including phenoxy) is 2. The van der Waals surface area contributed by atoms with Crippen molar-refractivity contribution in [1.82, 2.24) is 9.88 Å². The fourth-order valence-corrected chi connectivity index (χ4v) is 4.48. The van der Waals surface area contributed by atoms with Crippen LogP contribution < -0.4 is 14.4 Å². The highest BCUT2D eigenvalue weighted by atomic mass is 35.5. The van der Waals surface area contributed by atoms with E-state index >= 15 is 0 Å². The first kappa shape index (κ1) is 19.9. The van der Waals surface area contributed by atoms with Gasteiger partial charge < -0.3 is 14.4 Å². The Morgan fingerprint density at radius 2 is 1.97 bits per heavy atom. The SMILES string of the molecule is CN(C)CCCN(C(=O)Cc1ccc2c(c1)OCO2)c1nc2ccc(Cl)cc2s1. The first-order valence-corrected chi connectivity index (χ1v) is 10.6. The molecule has 0 atom stereocenters. The van der Waals surface area contributed by atoms with Crippen LogP contribution >= 0.6 is 22.9 Å². The third kappa shape index (κ3) is 4.63. The molecule has 1 amide bonds. The van der Waals surface area contributed by atoms with Crippen LogP contribution in [0, 0.1) is 0 Å². The van der Waals surface area contributed by atoms with Crippen molar-refractivity contribution in [3.8, 4) is 11.5 Å². The fraction of sp³-hybridized carbons (Fsp3) is 0.333. The smallest absolute Gasteiger partial charge is 0.233 e. The highest BCUT2D eigenvalue weighted by Crippen LogP contribution is 2.34. The lowest BCUT2D eigenvalue weighted by molar-refractivity contribution is -0.118. The van der Waals surface area contributed by atoms with E-state index in [1.54, 1.807) is 4.90 Å². The monoisotopic (exact) mass is 431 g/mol. The summed E-state index contributed by atoms with van der Waals surface area (Å²) in [5.74, 6) is 1.41. The molecule has 0 unspecified atom stereocenters. The summed E-state index contributed by atoms with van der Waals surface area (Å²) >= 11 is 7.60. The molecule has 152 valence electrons. The van der Waals surface area contributed by atoms with Gasteiger partial charge in [0.2, 0.25) is 12.7 Å². The first-order chi connectivity index (χ1) is 14.0. The van der Waals surface area contributed by atoms with E-state index in [4.69, 9.17) is 21.1 Å². The van der Waals surface area contributed by atoms with E-state index in [1.165, 1.54) is 11.3 Å². The van der Waals surface area contributed by atoms with Gasteiger partial charge in [-0.1, -0.05) is 29.0 Å². The molecule has 29 heavy (non-hydrogen) atoms.